The number of nitrogens with two attached hydrogens (primary N) is 1. The Kier molecular flexibility index (Phi) is 3.45. The van der Waals surface area contributed by atoms with E-state index in [4.69, 9.17) is 17.3 Å². The molecule has 6 heteroatoms. The van der Waals surface area contributed by atoms with E-state index in [1.54, 1.807) is 0 Å². The molecule has 0 aliphatic rings. The first-order valence-electron chi connectivity index (χ1n) is 5.49. The van der Waals surface area contributed by atoms with Crippen molar-refractivity contribution in [2.75, 3.05) is 5.32 Å². The molecule has 1 heterocycles. The zero-order valence-corrected chi connectivity index (χ0v) is 11.7. The van der Waals surface area contributed by atoms with Crippen molar-refractivity contribution in [2.45, 2.75) is 25.8 Å². The number of halogens is 1. The third-order valence-electron chi connectivity index (χ3n) is 2.43. The van der Waals surface area contributed by atoms with Gasteiger partial charge in [0.2, 0.25) is 5.91 Å². The molecule has 3 N–H and O–H groups in total. The topological polar surface area (TPSA) is 68.0 Å². The van der Waals surface area contributed by atoms with Crippen LogP contribution >= 0.6 is 22.9 Å². The van der Waals surface area contributed by atoms with E-state index in [1.165, 1.54) is 11.3 Å². The van der Waals surface area contributed by atoms with Gasteiger partial charge in [0.05, 0.1) is 15.2 Å². The number of amides is 1. The van der Waals surface area contributed by atoms with Gasteiger partial charge in [-0.25, -0.2) is 4.98 Å². The Bertz CT molecular complexity index is 594. The minimum Gasteiger partial charge on any atom is -0.370 e. The van der Waals surface area contributed by atoms with Gasteiger partial charge in [-0.05, 0) is 26.0 Å². The Morgan fingerprint density at radius 1 is 1.56 bits per heavy atom. The standard InChI is InChI=1S/C12H14ClN3OS/c1-12(2,6-9(14)17)16-11-15-8-5-3-4-7(13)10(8)18-11/h3-5H,6H2,1-2H3,(H2,14,17)(H,15,16). The van der Waals surface area contributed by atoms with Crippen LogP contribution in [0.2, 0.25) is 5.02 Å². The fraction of sp³-hybridized carbons (Fsp3) is 0.333. The average molecular weight is 284 g/mol. The number of carbonyl (C=O) groups is 1. The molecule has 2 aromatic rings. The Hall–Kier alpha value is -1.33. The molecule has 0 aliphatic carbocycles. The molecular weight excluding hydrogens is 270 g/mol. The molecule has 0 saturated heterocycles. The molecular formula is C12H14ClN3OS. The Morgan fingerprint density at radius 3 is 2.89 bits per heavy atom. The van der Waals surface area contributed by atoms with E-state index in [2.05, 4.69) is 10.3 Å². The summed E-state index contributed by atoms with van der Waals surface area (Å²) >= 11 is 7.57. The Balaban J connectivity index is 2.27. The summed E-state index contributed by atoms with van der Waals surface area (Å²) < 4.78 is 0.941. The summed E-state index contributed by atoms with van der Waals surface area (Å²) in [6.45, 7) is 3.82. The minimum absolute atomic E-state index is 0.247. The van der Waals surface area contributed by atoms with Gasteiger partial charge >= 0.3 is 0 Å². The number of thiazole rings is 1. The van der Waals surface area contributed by atoms with Gasteiger partial charge in [0.25, 0.3) is 0 Å². The molecule has 0 spiro atoms. The molecule has 4 nitrogen and oxygen atoms in total. The lowest BCUT2D eigenvalue weighted by Gasteiger charge is -2.24. The second-order valence-corrected chi connectivity index (χ2v) is 6.17. The molecule has 0 unspecified atom stereocenters. The van der Waals surface area contributed by atoms with Crippen LogP contribution in [0.5, 0.6) is 0 Å². The molecule has 1 aromatic carbocycles. The highest BCUT2D eigenvalue weighted by Crippen LogP contribution is 2.33. The molecule has 0 aliphatic heterocycles. The maximum Gasteiger partial charge on any atom is 0.219 e. The van der Waals surface area contributed by atoms with Crippen LogP contribution in [0.25, 0.3) is 10.2 Å². The molecule has 0 atom stereocenters. The lowest BCUT2D eigenvalue weighted by atomic mass is 10.0. The predicted octanol–water partition coefficient (Wildman–Crippen LogP) is 3.02. The van der Waals surface area contributed by atoms with Crippen LogP contribution < -0.4 is 11.1 Å². The number of hydrogen-bond donors (Lipinski definition) is 2. The SMILES string of the molecule is CC(C)(CC(N)=O)Nc1nc2cccc(Cl)c2s1. The highest BCUT2D eigenvalue weighted by atomic mass is 35.5. The third kappa shape index (κ3) is 2.91. The number of carbonyl (C=O) groups excluding carboxylic acids is 1. The van der Waals surface area contributed by atoms with Crippen molar-refractivity contribution < 1.29 is 4.79 Å². The second-order valence-electron chi connectivity index (χ2n) is 4.76. The van der Waals surface area contributed by atoms with Crippen molar-refractivity contribution in [2.24, 2.45) is 5.73 Å². The van der Waals surface area contributed by atoms with E-state index in [9.17, 15) is 4.79 Å². The molecule has 1 amide bonds. The van der Waals surface area contributed by atoms with Crippen LogP contribution in [0.15, 0.2) is 18.2 Å². The van der Waals surface area contributed by atoms with Crippen LogP contribution in [-0.4, -0.2) is 16.4 Å². The van der Waals surface area contributed by atoms with Gasteiger partial charge in [-0.3, -0.25) is 4.79 Å². The van der Waals surface area contributed by atoms with E-state index in [-0.39, 0.29) is 12.3 Å². The van der Waals surface area contributed by atoms with Crippen LogP contribution in [0.1, 0.15) is 20.3 Å². The monoisotopic (exact) mass is 283 g/mol. The van der Waals surface area contributed by atoms with Gasteiger partial charge in [-0.15, -0.1) is 0 Å². The fourth-order valence-electron chi connectivity index (χ4n) is 1.74. The molecule has 96 valence electrons. The molecule has 0 saturated carbocycles. The molecule has 0 radical (unpaired) electrons. The number of anilines is 1. The Labute approximate surface area is 114 Å². The number of benzene rings is 1. The maximum absolute atomic E-state index is 11.0. The zero-order chi connectivity index (χ0) is 13.3. The van der Waals surface area contributed by atoms with Gasteiger partial charge < -0.3 is 11.1 Å². The van der Waals surface area contributed by atoms with Crippen LogP contribution in [0, 0.1) is 0 Å². The molecule has 2 rings (SSSR count). The third-order valence-corrected chi connectivity index (χ3v) is 3.88. The molecule has 18 heavy (non-hydrogen) atoms. The minimum atomic E-state index is -0.424. The van der Waals surface area contributed by atoms with Crippen LogP contribution in [0.3, 0.4) is 0 Å². The van der Waals surface area contributed by atoms with E-state index >= 15 is 0 Å². The van der Waals surface area contributed by atoms with E-state index in [0.717, 1.165) is 15.3 Å². The largest absolute Gasteiger partial charge is 0.370 e. The van der Waals surface area contributed by atoms with Gasteiger partial charge in [0.1, 0.15) is 0 Å². The summed E-state index contributed by atoms with van der Waals surface area (Å²) in [5.74, 6) is -0.341. The first kappa shape index (κ1) is 13.1. The smallest absolute Gasteiger partial charge is 0.219 e. The number of aromatic nitrogens is 1. The quantitative estimate of drug-likeness (QED) is 0.906. The summed E-state index contributed by atoms with van der Waals surface area (Å²) in [4.78, 5) is 15.4. The normalized spacial score (nSPS) is 11.7. The lowest BCUT2D eigenvalue weighted by Crippen LogP contribution is -2.35. The van der Waals surface area contributed by atoms with Crippen molar-refractivity contribution in [1.82, 2.24) is 4.98 Å². The van der Waals surface area contributed by atoms with E-state index < -0.39 is 5.54 Å². The maximum atomic E-state index is 11.0. The summed E-state index contributed by atoms with van der Waals surface area (Å²) in [6.07, 6.45) is 0.247. The average Bonchev–Trinajstić information content (AvgIpc) is 2.58. The van der Waals surface area contributed by atoms with Gasteiger partial charge in [0, 0.05) is 12.0 Å². The van der Waals surface area contributed by atoms with E-state index in [0.29, 0.717) is 5.02 Å². The van der Waals surface area contributed by atoms with Crippen LogP contribution in [0.4, 0.5) is 5.13 Å². The van der Waals surface area contributed by atoms with Crippen molar-refractivity contribution in [3.05, 3.63) is 23.2 Å². The number of nitrogens with one attached hydrogen (secondary N) is 1. The van der Waals surface area contributed by atoms with Crippen molar-refractivity contribution in [3.63, 3.8) is 0 Å². The lowest BCUT2D eigenvalue weighted by molar-refractivity contribution is -0.118. The Morgan fingerprint density at radius 2 is 2.28 bits per heavy atom. The van der Waals surface area contributed by atoms with Crippen molar-refractivity contribution >= 4 is 44.2 Å². The number of hydrogen-bond acceptors (Lipinski definition) is 4. The van der Waals surface area contributed by atoms with Gasteiger partial charge in [-0.1, -0.05) is 29.0 Å². The molecule has 0 bridgehead atoms. The number of nitrogens with zero attached hydrogens (tertiary/aromatic N) is 1. The predicted molar refractivity (Wildman–Crippen MR) is 76.1 cm³/mol. The first-order valence-corrected chi connectivity index (χ1v) is 6.68. The highest BCUT2D eigenvalue weighted by Gasteiger charge is 2.22. The summed E-state index contributed by atoms with van der Waals surface area (Å²) in [5.41, 5.74) is 5.64. The first-order chi connectivity index (χ1) is 8.37. The van der Waals surface area contributed by atoms with Gasteiger partial charge in [0.15, 0.2) is 5.13 Å². The highest BCUT2D eigenvalue weighted by molar-refractivity contribution is 7.22. The second kappa shape index (κ2) is 4.74. The summed E-state index contributed by atoms with van der Waals surface area (Å²) in [7, 11) is 0. The number of rotatable bonds is 4. The zero-order valence-electron chi connectivity index (χ0n) is 10.2. The van der Waals surface area contributed by atoms with E-state index in [1.807, 2.05) is 32.0 Å². The summed E-state index contributed by atoms with van der Waals surface area (Å²) in [6, 6.07) is 5.60. The molecule has 1 aromatic heterocycles. The van der Waals surface area contributed by atoms with Crippen molar-refractivity contribution in [3.8, 4) is 0 Å². The number of fused-ring (bicyclic) bond motifs is 1. The van der Waals surface area contributed by atoms with Crippen molar-refractivity contribution in [1.29, 1.82) is 0 Å². The molecule has 0 fully saturated rings. The van der Waals surface area contributed by atoms with Gasteiger partial charge in [-0.2, -0.15) is 0 Å². The number of primary amides is 1. The fourth-order valence-corrected chi connectivity index (χ4v) is 3.07. The van der Waals surface area contributed by atoms with Crippen LogP contribution in [-0.2, 0) is 4.79 Å². The summed E-state index contributed by atoms with van der Waals surface area (Å²) in [5, 5.41) is 4.64.